The van der Waals surface area contributed by atoms with Gasteiger partial charge in [-0.25, -0.2) is 9.18 Å². The summed E-state index contributed by atoms with van der Waals surface area (Å²) in [5.74, 6) is -3.70. The summed E-state index contributed by atoms with van der Waals surface area (Å²) in [5.41, 5.74) is 2.34. The van der Waals surface area contributed by atoms with E-state index in [9.17, 15) is 29.0 Å². The smallest absolute Gasteiger partial charge is 0.341 e. The van der Waals surface area contributed by atoms with Gasteiger partial charge in [0, 0.05) is 17.8 Å². The first-order valence-electron chi connectivity index (χ1n) is 12.6. The Kier molecular flexibility index (Phi) is 6.31. The second-order valence-corrected chi connectivity index (χ2v) is 10.2. The molecule has 0 atom stereocenters. The SMILES string of the molecule is O=C(O)c1cn2c(c(O)c1=O)C(=O)N(Cc1ccc(F)cc1Cl)CN2C1c2ccccc2CCc2ccccc21. The van der Waals surface area contributed by atoms with Crippen molar-refractivity contribution < 1.29 is 24.2 Å². The summed E-state index contributed by atoms with van der Waals surface area (Å²) in [6.07, 6.45) is 2.64. The Morgan fingerprint density at radius 1 is 0.975 bits per heavy atom. The van der Waals surface area contributed by atoms with E-state index in [-0.39, 0.29) is 23.9 Å². The molecule has 0 unspecified atom stereocenters. The molecule has 2 heterocycles. The molecule has 0 saturated heterocycles. The number of amides is 1. The van der Waals surface area contributed by atoms with E-state index in [2.05, 4.69) is 0 Å². The molecule has 0 radical (unpaired) electrons. The molecule has 10 heteroatoms. The Labute approximate surface area is 233 Å². The van der Waals surface area contributed by atoms with Gasteiger partial charge in [0.15, 0.2) is 11.4 Å². The number of hydrogen-bond acceptors (Lipinski definition) is 5. The normalized spacial score (nSPS) is 14.8. The van der Waals surface area contributed by atoms with E-state index >= 15 is 0 Å². The number of nitrogens with zero attached hydrogens (tertiary/aromatic N) is 3. The fourth-order valence-corrected chi connectivity index (χ4v) is 5.83. The lowest BCUT2D eigenvalue weighted by molar-refractivity contribution is 0.0650. The number of aromatic hydroxyl groups is 1. The van der Waals surface area contributed by atoms with Crippen molar-refractivity contribution in [1.82, 2.24) is 9.58 Å². The van der Waals surface area contributed by atoms with E-state index in [1.807, 2.05) is 48.5 Å². The minimum absolute atomic E-state index is 0.0429. The average Bonchev–Trinajstić information content (AvgIpc) is 3.10. The van der Waals surface area contributed by atoms with Crippen LogP contribution in [0.3, 0.4) is 0 Å². The number of aryl methyl sites for hydroxylation is 2. The summed E-state index contributed by atoms with van der Waals surface area (Å²) in [6.45, 7) is -0.0903. The largest absolute Gasteiger partial charge is 0.502 e. The third kappa shape index (κ3) is 4.19. The Bertz CT molecular complexity index is 1710. The quantitative estimate of drug-likeness (QED) is 0.382. The van der Waals surface area contributed by atoms with Crippen molar-refractivity contribution in [2.45, 2.75) is 25.4 Å². The zero-order valence-electron chi connectivity index (χ0n) is 21.1. The standard InChI is InChI=1S/C30H23ClFN3O5/c31-24-13-20(32)12-11-19(24)14-33-16-35(34-15-23(30(39)40)27(36)28(37)26(34)29(33)38)25-21-7-3-1-5-17(21)9-10-18-6-2-4-8-22(18)25/h1-8,11-13,15,25,37H,9-10,14,16H2,(H,39,40). The van der Waals surface area contributed by atoms with Crippen LogP contribution in [0.25, 0.3) is 0 Å². The molecule has 2 N–H and O–H groups in total. The van der Waals surface area contributed by atoms with Crippen LogP contribution in [0.4, 0.5) is 4.39 Å². The number of carbonyl (C=O) groups is 2. The Morgan fingerprint density at radius 2 is 1.60 bits per heavy atom. The van der Waals surface area contributed by atoms with Gasteiger partial charge in [-0.15, -0.1) is 0 Å². The molecular weight excluding hydrogens is 537 g/mol. The molecular formula is C30H23ClFN3O5. The van der Waals surface area contributed by atoms with Crippen LogP contribution in [-0.2, 0) is 19.4 Å². The number of carboxylic acid groups (broad SMARTS) is 1. The van der Waals surface area contributed by atoms with Gasteiger partial charge >= 0.3 is 5.97 Å². The molecule has 2 aliphatic rings. The average molecular weight is 560 g/mol. The van der Waals surface area contributed by atoms with Crippen molar-refractivity contribution in [3.63, 3.8) is 0 Å². The number of carboxylic acids is 1. The molecule has 0 spiro atoms. The van der Waals surface area contributed by atoms with Gasteiger partial charge in [-0.3, -0.25) is 19.3 Å². The van der Waals surface area contributed by atoms with E-state index in [1.54, 1.807) is 5.01 Å². The molecule has 202 valence electrons. The lowest BCUT2D eigenvalue weighted by atomic mass is 9.94. The third-order valence-electron chi connectivity index (χ3n) is 7.51. The van der Waals surface area contributed by atoms with Gasteiger partial charge in [0.05, 0.1) is 6.04 Å². The maximum atomic E-state index is 13.8. The summed E-state index contributed by atoms with van der Waals surface area (Å²) in [5, 5.41) is 22.6. The van der Waals surface area contributed by atoms with Gasteiger partial charge in [0.25, 0.3) is 5.91 Å². The van der Waals surface area contributed by atoms with Gasteiger partial charge in [-0.1, -0.05) is 66.2 Å². The molecule has 3 aromatic carbocycles. The van der Waals surface area contributed by atoms with Crippen molar-refractivity contribution in [2.24, 2.45) is 0 Å². The maximum Gasteiger partial charge on any atom is 0.341 e. The number of pyridine rings is 1. The highest BCUT2D eigenvalue weighted by Gasteiger charge is 2.39. The van der Waals surface area contributed by atoms with Gasteiger partial charge in [-0.2, -0.15) is 0 Å². The fraction of sp³-hybridized carbons (Fsp3) is 0.167. The van der Waals surface area contributed by atoms with E-state index in [1.165, 1.54) is 21.7 Å². The summed E-state index contributed by atoms with van der Waals surface area (Å²) in [7, 11) is 0. The summed E-state index contributed by atoms with van der Waals surface area (Å²) >= 11 is 6.29. The molecule has 0 bridgehead atoms. The number of carbonyl (C=O) groups excluding carboxylic acids is 1. The van der Waals surface area contributed by atoms with Crippen molar-refractivity contribution in [1.29, 1.82) is 0 Å². The summed E-state index contributed by atoms with van der Waals surface area (Å²) in [6, 6.07) is 19.1. The molecule has 6 rings (SSSR count). The molecule has 0 saturated carbocycles. The highest BCUT2D eigenvalue weighted by atomic mass is 35.5. The zero-order valence-corrected chi connectivity index (χ0v) is 21.8. The van der Waals surface area contributed by atoms with E-state index in [4.69, 9.17) is 11.6 Å². The van der Waals surface area contributed by atoms with Crippen LogP contribution in [0.1, 0.15) is 54.7 Å². The third-order valence-corrected chi connectivity index (χ3v) is 7.87. The Hall–Kier alpha value is -4.63. The first-order chi connectivity index (χ1) is 19.2. The molecule has 40 heavy (non-hydrogen) atoms. The molecule has 4 aromatic rings. The predicted molar refractivity (Wildman–Crippen MR) is 146 cm³/mol. The van der Waals surface area contributed by atoms with Crippen molar-refractivity contribution >= 4 is 23.5 Å². The van der Waals surface area contributed by atoms with Crippen LogP contribution >= 0.6 is 11.6 Å². The number of fused-ring (bicyclic) bond motifs is 3. The molecule has 1 aromatic heterocycles. The molecule has 1 aliphatic heterocycles. The summed E-state index contributed by atoms with van der Waals surface area (Å²) in [4.78, 5) is 39.9. The van der Waals surface area contributed by atoms with E-state index < -0.39 is 40.5 Å². The highest BCUT2D eigenvalue weighted by Crippen LogP contribution is 2.38. The number of aromatic nitrogens is 1. The van der Waals surface area contributed by atoms with Crippen LogP contribution in [0, 0.1) is 5.82 Å². The monoisotopic (exact) mass is 559 g/mol. The second kappa shape index (κ2) is 9.84. The van der Waals surface area contributed by atoms with Crippen LogP contribution in [0.2, 0.25) is 5.02 Å². The van der Waals surface area contributed by atoms with E-state index in [0.29, 0.717) is 5.56 Å². The Morgan fingerprint density at radius 3 is 2.20 bits per heavy atom. The molecule has 1 amide bonds. The number of aromatic carboxylic acids is 1. The first-order valence-corrected chi connectivity index (χ1v) is 13.0. The second-order valence-electron chi connectivity index (χ2n) is 9.84. The fourth-order valence-electron chi connectivity index (χ4n) is 5.60. The van der Waals surface area contributed by atoms with Crippen LogP contribution in [0.15, 0.2) is 77.7 Å². The van der Waals surface area contributed by atoms with E-state index in [0.717, 1.165) is 47.4 Å². The number of halogens is 2. The van der Waals surface area contributed by atoms with Crippen molar-refractivity contribution in [3.8, 4) is 5.75 Å². The number of hydrogen-bond donors (Lipinski definition) is 2. The Balaban J connectivity index is 1.59. The minimum Gasteiger partial charge on any atom is -0.502 e. The first kappa shape index (κ1) is 25.6. The van der Waals surface area contributed by atoms with Gasteiger partial charge in [0.1, 0.15) is 18.0 Å². The minimum atomic E-state index is -1.52. The van der Waals surface area contributed by atoms with Gasteiger partial charge in [0.2, 0.25) is 5.43 Å². The lowest BCUT2D eigenvalue weighted by Gasteiger charge is -2.44. The van der Waals surface area contributed by atoms with Crippen molar-refractivity contribution in [2.75, 3.05) is 11.7 Å². The topological polar surface area (TPSA) is 103 Å². The zero-order chi connectivity index (χ0) is 28.1. The van der Waals surface area contributed by atoms with Crippen LogP contribution < -0.4 is 10.4 Å². The highest BCUT2D eigenvalue weighted by molar-refractivity contribution is 6.31. The maximum absolute atomic E-state index is 13.8. The molecule has 1 aliphatic carbocycles. The summed E-state index contributed by atoms with van der Waals surface area (Å²) < 4.78 is 15.0. The van der Waals surface area contributed by atoms with Crippen LogP contribution in [-0.4, -0.2) is 38.3 Å². The molecule has 8 nitrogen and oxygen atoms in total. The van der Waals surface area contributed by atoms with Gasteiger partial charge in [-0.05, 0) is 52.8 Å². The van der Waals surface area contributed by atoms with Crippen LogP contribution in [0.5, 0.6) is 5.75 Å². The molecule has 0 fully saturated rings. The number of rotatable bonds is 4. The lowest BCUT2D eigenvalue weighted by Crippen LogP contribution is -2.55. The van der Waals surface area contributed by atoms with Crippen molar-refractivity contribution in [3.05, 3.63) is 133 Å². The van der Waals surface area contributed by atoms with Gasteiger partial charge < -0.3 is 15.1 Å². The predicted octanol–water partition coefficient (Wildman–Crippen LogP) is 4.48. The number of benzene rings is 3.